The van der Waals surface area contributed by atoms with Crippen LogP contribution in [0, 0.1) is 15.9 Å². The fourth-order valence-electron chi connectivity index (χ4n) is 1.57. The molecule has 0 unspecified atom stereocenters. The minimum atomic E-state index is -4.03. The highest BCUT2D eigenvalue weighted by molar-refractivity contribution is 9.10. The standard InChI is InChI=1S/C12H8BrFN2O4S/c13-8-2-1-3-9(6-8)15-21(19,20)10-4-5-12(16(17)18)11(14)7-10/h1-7,15H. The number of rotatable bonds is 4. The van der Waals surface area contributed by atoms with E-state index in [4.69, 9.17) is 0 Å². The van der Waals surface area contributed by atoms with Gasteiger partial charge in [-0.25, -0.2) is 8.42 Å². The van der Waals surface area contributed by atoms with Crippen molar-refractivity contribution in [2.24, 2.45) is 0 Å². The Labute approximate surface area is 127 Å². The van der Waals surface area contributed by atoms with Crippen molar-refractivity contribution in [3.63, 3.8) is 0 Å². The summed E-state index contributed by atoms with van der Waals surface area (Å²) in [6.45, 7) is 0. The van der Waals surface area contributed by atoms with E-state index in [0.717, 1.165) is 12.1 Å². The Bertz CT molecular complexity index is 811. The predicted octanol–water partition coefficient (Wildman–Crippen LogP) is 3.30. The molecule has 0 amide bonds. The van der Waals surface area contributed by atoms with E-state index in [1.165, 1.54) is 12.1 Å². The molecule has 0 heterocycles. The summed E-state index contributed by atoms with van der Waals surface area (Å²) < 4.78 is 40.6. The number of hydrogen-bond donors (Lipinski definition) is 1. The number of nitrogens with one attached hydrogen (secondary N) is 1. The van der Waals surface area contributed by atoms with Crippen LogP contribution in [-0.2, 0) is 10.0 Å². The van der Waals surface area contributed by atoms with Crippen molar-refractivity contribution in [3.8, 4) is 0 Å². The van der Waals surface area contributed by atoms with Crippen LogP contribution < -0.4 is 4.72 Å². The van der Waals surface area contributed by atoms with Crippen LogP contribution in [0.3, 0.4) is 0 Å². The first-order valence-corrected chi connectivity index (χ1v) is 7.79. The molecule has 0 aliphatic carbocycles. The van der Waals surface area contributed by atoms with Gasteiger partial charge in [0.1, 0.15) is 0 Å². The molecule has 0 radical (unpaired) electrons. The maximum absolute atomic E-state index is 13.5. The molecule has 0 bridgehead atoms. The number of hydrogen-bond acceptors (Lipinski definition) is 4. The quantitative estimate of drug-likeness (QED) is 0.656. The van der Waals surface area contributed by atoms with Crippen LogP contribution in [0.2, 0.25) is 0 Å². The highest BCUT2D eigenvalue weighted by Crippen LogP contribution is 2.23. The molecule has 21 heavy (non-hydrogen) atoms. The topological polar surface area (TPSA) is 89.3 Å². The molecule has 0 fully saturated rings. The van der Waals surface area contributed by atoms with E-state index < -0.39 is 31.3 Å². The largest absolute Gasteiger partial charge is 0.304 e. The normalized spacial score (nSPS) is 11.1. The van der Waals surface area contributed by atoms with Crippen molar-refractivity contribution in [1.82, 2.24) is 0 Å². The molecule has 2 aromatic carbocycles. The van der Waals surface area contributed by atoms with Gasteiger partial charge in [0.2, 0.25) is 5.82 Å². The minimum absolute atomic E-state index is 0.281. The average molecular weight is 375 g/mol. The third-order valence-electron chi connectivity index (χ3n) is 2.50. The highest BCUT2D eigenvalue weighted by Gasteiger charge is 2.20. The molecule has 2 rings (SSSR count). The number of nitro benzene ring substituents is 1. The number of nitro groups is 1. The molecule has 0 aliphatic rings. The van der Waals surface area contributed by atoms with E-state index in [1.807, 2.05) is 0 Å². The van der Waals surface area contributed by atoms with E-state index in [9.17, 15) is 22.9 Å². The van der Waals surface area contributed by atoms with Gasteiger partial charge < -0.3 is 0 Å². The number of anilines is 1. The van der Waals surface area contributed by atoms with Crippen LogP contribution in [0.4, 0.5) is 15.8 Å². The van der Waals surface area contributed by atoms with Crippen molar-refractivity contribution in [3.05, 3.63) is 62.9 Å². The van der Waals surface area contributed by atoms with E-state index in [1.54, 1.807) is 12.1 Å². The molecule has 2 aromatic rings. The van der Waals surface area contributed by atoms with Gasteiger partial charge in [0, 0.05) is 22.3 Å². The highest BCUT2D eigenvalue weighted by atomic mass is 79.9. The van der Waals surface area contributed by atoms with Gasteiger partial charge in [-0.15, -0.1) is 0 Å². The fraction of sp³-hybridized carbons (Fsp3) is 0. The summed E-state index contributed by atoms with van der Waals surface area (Å²) in [5, 5.41) is 10.5. The number of sulfonamides is 1. The van der Waals surface area contributed by atoms with Gasteiger partial charge in [-0.2, -0.15) is 4.39 Å². The molecule has 0 aliphatic heterocycles. The third-order valence-corrected chi connectivity index (χ3v) is 4.38. The van der Waals surface area contributed by atoms with E-state index >= 15 is 0 Å². The van der Waals surface area contributed by atoms with E-state index in [0.29, 0.717) is 10.5 Å². The summed E-state index contributed by atoms with van der Waals surface area (Å²) in [5.74, 6) is -1.21. The molecule has 110 valence electrons. The lowest BCUT2D eigenvalue weighted by molar-refractivity contribution is -0.387. The fourth-order valence-corrected chi connectivity index (χ4v) is 3.03. The third kappa shape index (κ3) is 3.56. The first kappa shape index (κ1) is 15.4. The monoisotopic (exact) mass is 374 g/mol. The second-order valence-corrected chi connectivity index (χ2v) is 6.58. The molecular weight excluding hydrogens is 367 g/mol. The van der Waals surface area contributed by atoms with Gasteiger partial charge in [0.05, 0.1) is 9.82 Å². The maximum Gasteiger partial charge on any atom is 0.304 e. The summed E-state index contributed by atoms with van der Waals surface area (Å²) in [6.07, 6.45) is 0. The Balaban J connectivity index is 2.36. The Morgan fingerprint density at radius 2 is 1.90 bits per heavy atom. The van der Waals surface area contributed by atoms with Crippen molar-refractivity contribution < 1.29 is 17.7 Å². The molecule has 0 saturated carbocycles. The summed E-state index contributed by atoms with van der Waals surface area (Å²) in [4.78, 5) is 9.19. The summed E-state index contributed by atoms with van der Waals surface area (Å²) in [5.41, 5.74) is -0.500. The lowest BCUT2D eigenvalue weighted by Crippen LogP contribution is -2.13. The molecular formula is C12H8BrFN2O4S. The smallest absolute Gasteiger partial charge is 0.280 e. The molecule has 1 N–H and O–H groups in total. The molecule has 6 nitrogen and oxygen atoms in total. The van der Waals surface area contributed by atoms with Crippen molar-refractivity contribution in [2.45, 2.75) is 4.90 Å². The van der Waals surface area contributed by atoms with E-state index in [-0.39, 0.29) is 5.69 Å². The van der Waals surface area contributed by atoms with Crippen LogP contribution >= 0.6 is 15.9 Å². The van der Waals surface area contributed by atoms with Crippen LogP contribution in [0.5, 0.6) is 0 Å². The lowest BCUT2D eigenvalue weighted by Gasteiger charge is -2.08. The number of halogens is 2. The zero-order valence-electron chi connectivity index (χ0n) is 10.3. The maximum atomic E-state index is 13.5. The zero-order chi connectivity index (χ0) is 15.6. The number of nitrogens with zero attached hydrogens (tertiary/aromatic N) is 1. The van der Waals surface area contributed by atoms with Crippen molar-refractivity contribution in [1.29, 1.82) is 0 Å². The average Bonchev–Trinajstić information content (AvgIpc) is 2.37. The molecule has 0 atom stereocenters. The van der Waals surface area contributed by atoms with Crippen LogP contribution in [-0.4, -0.2) is 13.3 Å². The van der Waals surface area contributed by atoms with Gasteiger partial charge in [-0.3, -0.25) is 14.8 Å². The summed E-state index contributed by atoms with van der Waals surface area (Å²) in [7, 11) is -4.03. The first-order valence-electron chi connectivity index (χ1n) is 5.52. The van der Waals surface area contributed by atoms with E-state index in [2.05, 4.69) is 20.7 Å². The van der Waals surface area contributed by atoms with Crippen molar-refractivity contribution in [2.75, 3.05) is 4.72 Å². The van der Waals surface area contributed by atoms with Crippen LogP contribution in [0.15, 0.2) is 51.8 Å². The first-order chi connectivity index (χ1) is 9.79. The van der Waals surface area contributed by atoms with Gasteiger partial charge in [0.25, 0.3) is 10.0 Å². The van der Waals surface area contributed by atoms with Gasteiger partial charge in [-0.05, 0) is 24.3 Å². The molecule has 9 heteroatoms. The summed E-state index contributed by atoms with van der Waals surface area (Å²) >= 11 is 3.19. The molecule has 0 saturated heterocycles. The lowest BCUT2D eigenvalue weighted by atomic mass is 10.3. The SMILES string of the molecule is O=[N+]([O-])c1ccc(S(=O)(=O)Nc2cccc(Br)c2)cc1F. The zero-order valence-corrected chi connectivity index (χ0v) is 12.7. The second kappa shape index (κ2) is 5.78. The Morgan fingerprint density at radius 1 is 1.19 bits per heavy atom. The summed E-state index contributed by atoms with van der Waals surface area (Å²) in [6, 6.07) is 8.77. The van der Waals surface area contributed by atoms with Crippen LogP contribution in [0.25, 0.3) is 0 Å². The Hall–Kier alpha value is -2.00. The number of benzene rings is 2. The van der Waals surface area contributed by atoms with Gasteiger partial charge >= 0.3 is 5.69 Å². The predicted molar refractivity (Wildman–Crippen MR) is 78.0 cm³/mol. The van der Waals surface area contributed by atoms with Gasteiger partial charge in [-0.1, -0.05) is 22.0 Å². The Kier molecular flexibility index (Phi) is 4.24. The minimum Gasteiger partial charge on any atom is -0.280 e. The van der Waals surface area contributed by atoms with Gasteiger partial charge in [0.15, 0.2) is 0 Å². The van der Waals surface area contributed by atoms with Crippen LogP contribution in [0.1, 0.15) is 0 Å². The van der Waals surface area contributed by atoms with Crippen molar-refractivity contribution >= 4 is 37.3 Å². The Morgan fingerprint density at radius 3 is 2.48 bits per heavy atom. The second-order valence-electron chi connectivity index (χ2n) is 3.99. The molecule has 0 aromatic heterocycles. The molecule has 0 spiro atoms.